The van der Waals surface area contributed by atoms with Gasteiger partial charge in [0.1, 0.15) is 0 Å². The number of thioether (sulfide) groups is 1. The van der Waals surface area contributed by atoms with Gasteiger partial charge in [-0.3, -0.25) is 4.79 Å². The summed E-state index contributed by atoms with van der Waals surface area (Å²) in [4.78, 5) is 10.5. The lowest BCUT2D eigenvalue weighted by molar-refractivity contribution is -0.118. The van der Waals surface area contributed by atoms with Crippen molar-refractivity contribution in [2.45, 2.75) is 0 Å². The summed E-state index contributed by atoms with van der Waals surface area (Å²) in [5.74, 6) is 1.66. The molecule has 0 saturated carbocycles. The molecule has 1 amide bonds. The van der Waals surface area contributed by atoms with Gasteiger partial charge >= 0.3 is 0 Å². The standard InChI is InChI=1S/C5H10BrNOS/c1-7-5(8)4-9-3-2-6/h2-4H2,1H3,(H,7,8). The molecule has 0 aliphatic carbocycles. The van der Waals surface area contributed by atoms with Crippen molar-refractivity contribution in [3.05, 3.63) is 0 Å². The molecular weight excluding hydrogens is 202 g/mol. The molecule has 54 valence electrons. The molecule has 0 heterocycles. The number of carbonyl (C=O) groups excluding carboxylic acids is 1. The van der Waals surface area contributed by atoms with Gasteiger partial charge < -0.3 is 5.32 Å². The highest BCUT2D eigenvalue weighted by Crippen LogP contribution is 1.99. The Morgan fingerprint density at radius 1 is 1.78 bits per heavy atom. The molecule has 1 N–H and O–H groups in total. The van der Waals surface area contributed by atoms with Crippen LogP contribution in [0.25, 0.3) is 0 Å². The highest BCUT2D eigenvalue weighted by Gasteiger charge is 1.94. The Bertz CT molecular complexity index is 89.0. The molecule has 0 saturated heterocycles. The van der Waals surface area contributed by atoms with E-state index in [-0.39, 0.29) is 5.91 Å². The summed E-state index contributed by atoms with van der Waals surface area (Å²) in [6.07, 6.45) is 0. The maximum Gasteiger partial charge on any atom is 0.229 e. The third-order valence-electron chi connectivity index (χ3n) is 0.733. The van der Waals surface area contributed by atoms with Crippen molar-refractivity contribution >= 4 is 33.6 Å². The first-order chi connectivity index (χ1) is 4.31. The van der Waals surface area contributed by atoms with Gasteiger partial charge in [0.15, 0.2) is 0 Å². The number of carbonyl (C=O) groups is 1. The molecule has 0 spiro atoms. The Morgan fingerprint density at radius 3 is 2.89 bits per heavy atom. The van der Waals surface area contributed by atoms with Gasteiger partial charge in [-0.2, -0.15) is 11.8 Å². The molecule has 0 aromatic heterocycles. The lowest BCUT2D eigenvalue weighted by Gasteiger charge is -1.95. The summed E-state index contributed by atoms with van der Waals surface area (Å²) in [5, 5.41) is 3.50. The Labute approximate surface area is 67.9 Å². The molecular formula is C5H10BrNOS. The highest BCUT2D eigenvalue weighted by molar-refractivity contribution is 9.09. The second-order valence-electron chi connectivity index (χ2n) is 1.41. The van der Waals surface area contributed by atoms with Crippen LogP contribution in [0.5, 0.6) is 0 Å². The third kappa shape index (κ3) is 6.18. The van der Waals surface area contributed by atoms with E-state index in [0.717, 1.165) is 11.1 Å². The van der Waals surface area contributed by atoms with Crippen molar-refractivity contribution in [1.29, 1.82) is 0 Å². The van der Waals surface area contributed by atoms with E-state index in [1.165, 1.54) is 0 Å². The van der Waals surface area contributed by atoms with Crippen molar-refractivity contribution in [2.75, 3.05) is 23.9 Å². The van der Waals surface area contributed by atoms with Crippen molar-refractivity contribution in [1.82, 2.24) is 5.32 Å². The van der Waals surface area contributed by atoms with Gasteiger partial charge in [-0.1, -0.05) is 15.9 Å². The highest BCUT2D eigenvalue weighted by atomic mass is 79.9. The van der Waals surface area contributed by atoms with Crippen LogP contribution in [0.2, 0.25) is 0 Å². The molecule has 0 rings (SSSR count). The van der Waals surface area contributed by atoms with Crippen LogP contribution in [-0.4, -0.2) is 29.8 Å². The number of nitrogens with one attached hydrogen (secondary N) is 1. The van der Waals surface area contributed by atoms with E-state index >= 15 is 0 Å². The zero-order valence-corrected chi connectivity index (χ0v) is 7.72. The smallest absolute Gasteiger partial charge is 0.229 e. The van der Waals surface area contributed by atoms with Gasteiger partial charge in [-0.05, 0) is 0 Å². The number of hydrogen-bond donors (Lipinski definition) is 1. The Kier molecular flexibility index (Phi) is 6.63. The second kappa shape index (κ2) is 6.42. The molecule has 0 fully saturated rings. The maximum absolute atomic E-state index is 10.5. The molecule has 0 radical (unpaired) electrons. The molecule has 0 unspecified atom stereocenters. The van der Waals surface area contributed by atoms with Gasteiger partial charge in [-0.15, -0.1) is 0 Å². The van der Waals surface area contributed by atoms with E-state index in [1.54, 1.807) is 18.8 Å². The van der Waals surface area contributed by atoms with E-state index in [1.807, 2.05) is 0 Å². The summed E-state index contributed by atoms with van der Waals surface area (Å²) in [7, 11) is 1.65. The van der Waals surface area contributed by atoms with Gasteiger partial charge in [0.25, 0.3) is 0 Å². The average molecular weight is 212 g/mol. The van der Waals surface area contributed by atoms with Gasteiger partial charge in [0.2, 0.25) is 5.91 Å². The molecule has 0 aromatic rings. The van der Waals surface area contributed by atoms with E-state index in [4.69, 9.17) is 0 Å². The van der Waals surface area contributed by atoms with Crippen LogP contribution in [0.1, 0.15) is 0 Å². The lowest BCUT2D eigenvalue weighted by Crippen LogP contribution is -2.19. The summed E-state index contributed by atoms with van der Waals surface area (Å²) in [6.45, 7) is 0. The number of alkyl halides is 1. The predicted molar refractivity (Wildman–Crippen MR) is 45.2 cm³/mol. The fraction of sp³-hybridized carbons (Fsp3) is 0.800. The summed E-state index contributed by atoms with van der Waals surface area (Å²) in [5.41, 5.74) is 0. The monoisotopic (exact) mass is 211 g/mol. The van der Waals surface area contributed by atoms with Crippen molar-refractivity contribution in [3.8, 4) is 0 Å². The van der Waals surface area contributed by atoms with Crippen LogP contribution in [-0.2, 0) is 4.79 Å². The minimum Gasteiger partial charge on any atom is -0.358 e. The number of amides is 1. The third-order valence-corrected chi connectivity index (χ3v) is 2.61. The molecule has 2 nitrogen and oxygen atoms in total. The fourth-order valence-electron chi connectivity index (χ4n) is 0.292. The molecule has 0 bridgehead atoms. The predicted octanol–water partition coefficient (Wildman–Crippen LogP) is 0.861. The summed E-state index contributed by atoms with van der Waals surface area (Å²) in [6, 6.07) is 0. The Hall–Kier alpha value is 0.300. The summed E-state index contributed by atoms with van der Waals surface area (Å²) >= 11 is 4.90. The number of rotatable bonds is 4. The molecule has 0 aliphatic rings. The van der Waals surface area contributed by atoms with Gasteiger partial charge in [0, 0.05) is 18.1 Å². The van der Waals surface area contributed by atoms with Crippen LogP contribution in [0.4, 0.5) is 0 Å². The van der Waals surface area contributed by atoms with Crippen molar-refractivity contribution < 1.29 is 4.79 Å². The molecule has 0 aromatic carbocycles. The summed E-state index contributed by atoms with van der Waals surface area (Å²) < 4.78 is 0. The molecule has 0 aliphatic heterocycles. The van der Waals surface area contributed by atoms with E-state index < -0.39 is 0 Å². The van der Waals surface area contributed by atoms with Crippen LogP contribution in [0.15, 0.2) is 0 Å². The Morgan fingerprint density at radius 2 is 2.44 bits per heavy atom. The second-order valence-corrected chi connectivity index (χ2v) is 3.31. The zero-order valence-electron chi connectivity index (χ0n) is 5.32. The quantitative estimate of drug-likeness (QED) is 0.553. The normalized spacial score (nSPS) is 9.11. The van der Waals surface area contributed by atoms with Crippen LogP contribution in [0.3, 0.4) is 0 Å². The van der Waals surface area contributed by atoms with E-state index in [0.29, 0.717) is 5.75 Å². The first-order valence-corrected chi connectivity index (χ1v) is 4.93. The van der Waals surface area contributed by atoms with Gasteiger partial charge in [0.05, 0.1) is 5.75 Å². The maximum atomic E-state index is 10.5. The lowest BCUT2D eigenvalue weighted by atomic mass is 10.7. The van der Waals surface area contributed by atoms with Crippen molar-refractivity contribution in [2.24, 2.45) is 0 Å². The SMILES string of the molecule is CNC(=O)CSCCBr. The number of hydrogen-bond acceptors (Lipinski definition) is 2. The molecule has 4 heteroatoms. The van der Waals surface area contributed by atoms with E-state index in [9.17, 15) is 4.79 Å². The Balaban J connectivity index is 2.97. The first kappa shape index (κ1) is 9.30. The minimum absolute atomic E-state index is 0.0981. The zero-order chi connectivity index (χ0) is 7.11. The van der Waals surface area contributed by atoms with Crippen LogP contribution >= 0.6 is 27.7 Å². The van der Waals surface area contributed by atoms with E-state index in [2.05, 4.69) is 21.2 Å². The average Bonchev–Trinajstić information content (AvgIpc) is 1.89. The topological polar surface area (TPSA) is 29.1 Å². The van der Waals surface area contributed by atoms with Crippen LogP contribution in [0, 0.1) is 0 Å². The van der Waals surface area contributed by atoms with Crippen molar-refractivity contribution in [3.63, 3.8) is 0 Å². The number of halogens is 1. The minimum atomic E-state index is 0.0981. The fourth-order valence-corrected chi connectivity index (χ4v) is 1.56. The molecule has 9 heavy (non-hydrogen) atoms. The first-order valence-electron chi connectivity index (χ1n) is 2.65. The van der Waals surface area contributed by atoms with Crippen LogP contribution < -0.4 is 5.32 Å². The van der Waals surface area contributed by atoms with Gasteiger partial charge in [-0.25, -0.2) is 0 Å². The largest absolute Gasteiger partial charge is 0.358 e. The molecule has 0 atom stereocenters.